The fourth-order valence-electron chi connectivity index (χ4n) is 4.24. The van der Waals surface area contributed by atoms with Gasteiger partial charge in [0, 0.05) is 27.9 Å². The minimum absolute atomic E-state index is 0.146. The zero-order valence-corrected chi connectivity index (χ0v) is 21.4. The monoisotopic (exact) mass is 551 g/mol. The van der Waals surface area contributed by atoms with Gasteiger partial charge in [0.15, 0.2) is 0 Å². The van der Waals surface area contributed by atoms with Crippen molar-refractivity contribution in [2.24, 2.45) is 12.8 Å². The maximum Gasteiger partial charge on any atom is 0.416 e. The molecular weight excluding hydrogens is 531 g/mol. The molecule has 0 fully saturated rings. The summed E-state index contributed by atoms with van der Waals surface area (Å²) >= 11 is 1.17. The Kier molecular flexibility index (Phi) is 6.35. The summed E-state index contributed by atoms with van der Waals surface area (Å²) in [6.45, 7) is 1.70. The summed E-state index contributed by atoms with van der Waals surface area (Å²) < 4.78 is 44.2. The van der Waals surface area contributed by atoms with Crippen molar-refractivity contribution in [2.45, 2.75) is 13.1 Å². The third-order valence-corrected chi connectivity index (χ3v) is 7.32. The molecule has 8 nitrogen and oxygen atoms in total. The van der Waals surface area contributed by atoms with Crippen molar-refractivity contribution in [2.75, 3.05) is 5.32 Å². The number of thiophene rings is 1. The quantitative estimate of drug-likeness (QED) is 0.315. The van der Waals surface area contributed by atoms with E-state index in [0.29, 0.717) is 26.7 Å². The zero-order valence-electron chi connectivity index (χ0n) is 20.5. The molecule has 0 radical (unpaired) electrons. The molecule has 0 bridgehead atoms. The van der Waals surface area contributed by atoms with Crippen molar-refractivity contribution in [1.82, 2.24) is 14.3 Å². The number of nitrogens with two attached hydrogens (primary N) is 1. The van der Waals surface area contributed by atoms with Gasteiger partial charge in [-0.3, -0.25) is 9.59 Å². The first kappa shape index (κ1) is 25.9. The Morgan fingerprint density at radius 2 is 1.74 bits per heavy atom. The number of alkyl halides is 3. The Balaban J connectivity index is 1.56. The van der Waals surface area contributed by atoms with E-state index in [-0.39, 0.29) is 27.9 Å². The van der Waals surface area contributed by atoms with E-state index in [0.717, 1.165) is 12.1 Å². The largest absolute Gasteiger partial charge is 0.416 e. The SMILES string of the molecule is Cc1nn(C)c(=O)n1-c1ccc(-c2cc3cc(C(F)(F)F)cc(C(=O)Nc4cccc(C(N)=O)c4)c3s2)cc1. The molecule has 3 N–H and O–H groups in total. The van der Waals surface area contributed by atoms with Gasteiger partial charge in [-0.25, -0.2) is 14.0 Å². The Bertz CT molecular complexity index is 1820. The van der Waals surface area contributed by atoms with Crippen LogP contribution in [0.25, 0.3) is 26.2 Å². The number of benzene rings is 3. The Labute approximate surface area is 223 Å². The molecule has 2 heterocycles. The van der Waals surface area contributed by atoms with Crippen LogP contribution in [0, 0.1) is 6.92 Å². The van der Waals surface area contributed by atoms with Crippen molar-refractivity contribution in [3.8, 4) is 16.1 Å². The van der Waals surface area contributed by atoms with Gasteiger partial charge in [-0.2, -0.15) is 18.3 Å². The highest BCUT2D eigenvalue weighted by molar-refractivity contribution is 7.22. The molecule has 0 saturated heterocycles. The van der Waals surface area contributed by atoms with E-state index in [9.17, 15) is 27.6 Å². The number of halogens is 3. The summed E-state index contributed by atoms with van der Waals surface area (Å²) in [6.07, 6.45) is -4.67. The smallest absolute Gasteiger partial charge is 0.366 e. The van der Waals surface area contributed by atoms with Crippen LogP contribution in [-0.2, 0) is 13.2 Å². The number of nitrogens with zero attached hydrogens (tertiary/aromatic N) is 3. The second kappa shape index (κ2) is 9.55. The van der Waals surface area contributed by atoms with Crippen LogP contribution in [0.1, 0.15) is 32.1 Å². The predicted octanol–water partition coefficient (Wildman–Crippen LogP) is 5.13. The number of carbonyl (C=O) groups is 2. The van der Waals surface area contributed by atoms with Crippen molar-refractivity contribution >= 4 is 38.9 Å². The molecule has 2 amide bonds. The Morgan fingerprint density at radius 1 is 1.03 bits per heavy atom. The number of primary amides is 1. The molecule has 0 unspecified atom stereocenters. The summed E-state index contributed by atoms with van der Waals surface area (Å²) in [6, 6.07) is 16.2. The number of anilines is 1. The number of aryl methyl sites for hydroxylation is 2. The fraction of sp³-hybridized carbons (Fsp3) is 0.111. The maximum absolute atomic E-state index is 13.7. The molecule has 0 spiro atoms. The molecule has 12 heteroatoms. The van der Waals surface area contributed by atoms with Crippen LogP contribution < -0.4 is 16.7 Å². The number of fused-ring (bicyclic) bond motifs is 1. The first-order valence-corrected chi connectivity index (χ1v) is 12.3. The minimum Gasteiger partial charge on any atom is -0.366 e. The second-order valence-corrected chi connectivity index (χ2v) is 9.84. The normalized spacial score (nSPS) is 11.6. The van der Waals surface area contributed by atoms with Gasteiger partial charge in [-0.05, 0) is 66.4 Å². The highest BCUT2D eigenvalue weighted by Crippen LogP contribution is 2.40. The molecule has 39 heavy (non-hydrogen) atoms. The number of nitrogens with one attached hydrogen (secondary N) is 1. The molecule has 0 aliphatic heterocycles. The average Bonchev–Trinajstić information content (AvgIpc) is 3.43. The molecule has 198 valence electrons. The van der Waals surface area contributed by atoms with Gasteiger partial charge in [0.1, 0.15) is 5.82 Å². The van der Waals surface area contributed by atoms with Crippen LogP contribution >= 0.6 is 11.3 Å². The van der Waals surface area contributed by atoms with Crippen LogP contribution in [0.3, 0.4) is 0 Å². The molecule has 3 aromatic carbocycles. The van der Waals surface area contributed by atoms with Crippen LogP contribution in [0.5, 0.6) is 0 Å². The van der Waals surface area contributed by atoms with E-state index < -0.39 is 23.6 Å². The highest BCUT2D eigenvalue weighted by atomic mass is 32.1. The zero-order chi connectivity index (χ0) is 28.1. The summed E-state index contributed by atoms with van der Waals surface area (Å²) in [7, 11) is 1.55. The van der Waals surface area contributed by atoms with Gasteiger partial charge in [0.2, 0.25) is 5.91 Å². The van der Waals surface area contributed by atoms with Crippen LogP contribution in [-0.4, -0.2) is 26.2 Å². The lowest BCUT2D eigenvalue weighted by Gasteiger charge is -2.11. The van der Waals surface area contributed by atoms with Gasteiger partial charge >= 0.3 is 11.9 Å². The van der Waals surface area contributed by atoms with E-state index in [1.54, 1.807) is 44.3 Å². The van der Waals surface area contributed by atoms with Crippen LogP contribution in [0.4, 0.5) is 18.9 Å². The average molecular weight is 552 g/mol. The minimum atomic E-state index is -4.67. The van der Waals surface area contributed by atoms with E-state index in [1.807, 2.05) is 0 Å². The summed E-state index contributed by atoms with van der Waals surface area (Å²) in [5.74, 6) is -0.957. The molecule has 0 aliphatic carbocycles. The second-order valence-electron chi connectivity index (χ2n) is 8.79. The number of amides is 2. The number of aromatic nitrogens is 3. The van der Waals surface area contributed by atoms with Crippen molar-refractivity contribution in [1.29, 1.82) is 0 Å². The molecule has 0 saturated carbocycles. The number of carbonyl (C=O) groups excluding carboxylic acids is 2. The lowest BCUT2D eigenvalue weighted by atomic mass is 10.1. The number of hydrogen-bond acceptors (Lipinski definition) is 5. The van der Waals surface area contributed by atoms with E-state index >= 15 is 0 Å². The topological polar surface area (TPSA) is 112 Å². The van der Waals surface area contributed by atoms with Gasteiger partial charge in [-0.15, -0.1) is 11.3 Å². The lowest BCUT2D eigenvalue weighted by molar-refractivity contribution is -0.137. The van der Waals surface area contributed by atoms with Gasteiger partial charge < -0.3 is 11.1 Å². The molecule has 2 aromatic heterocycles. The van der Waals surface area contributed by atoms with Crippen molar-refractivity contribution < 1.29 is 22.8 Å². The Morgan fingerprint density at radius 3 is 2.36 bits per heavy atom. The van der Waals surface area contributed by atoms with Gasteiger partial charge in [0.05, 0.1) is 16.8 Å². The highest BCUT2D eigenvalue weighted by Gasteiger charge is 2.32. The summed E-state index contributed by atoms with van der Waals surface area (Å²) in [4.78, 5) is 37.7. The third-order valence-electron chi connectivity index (χ3n) is 6.09. The fourth-order valence-corrected chi connectivity index (χ4v) is 5.39. The summed E-state index contributed by atoms with van der Waals surface area (Å²) in [5, 5.41) is 6.93. The van der Waals surface area contributed by atoms with Crippen molar-refractivity contribution in [3.63, 3.8) is 0 Å². The number of hydrogen-bond donors (Lipinski definition) is 2. The standard InChI is InChI=1S/C27H20F3N5O3S/c1-14-33-34(2)26(38)35(14)20-8-6-15(7-9-20)22-12-17-10-18(27(28,29)30)13-21(23(17)39-22)25(37)32-19-5-3-4-16(11-19)24(31)36/h3-13H,1-2H3,(H2,31,36)(H,32,37). The van der Waals surface area contributed by atoms with E-state index in [1.165, 1.54) is 44.9 Å². The lowest BCUT2D eigenvalue weighted by Crippen LogP contribution is -2.21. The summed E-state index contributed by atoms with van der Waals surface area (Å²) in [5.41, 5.74) is 5.51. The first-order valence-electron chi connectivity index (χ1n) is 11.5. The van der Waals surface area contributed by atoms with E-state index in [2.05, 4.69) is 10.4 Å². The Hall–Kier alpha value is -4.71. The molecular formula is C27H20F3N5O3S. The van der Waals surface area contributed by atoms with Gasteiger partial charge in [0.25, 0.3) is 5.91 Å². The molecule has 0 atom stereocenters. The van der Waals surface area contributed by atoms with E-state index in [4.69, 9.17) is 5.73 Å². The molecule has 5 aromatic rings. The molecule has 0 aliphatic rings. The third kappa shape index (κ3) is 4.93. The molecule has 5 rings (SSSR count). The van der Waals surface area contributed by atoms with Crippen LogP contribution in [0.2, 0.25) is 0 Å². The predicted molar refractivity (Wildman–Crippen MR) is 142 cm³/mol. The number of rotatable bonds is 5. The van der Waals surface area contributed by atoms with Crippen molar-refractivity contribution in [3.05, 3.63) is 99.7 Å². The first-order chi connectivity index (χ1) is 18.4. The maximum atomic E-state index is 13.7. The van der Waals surface area contributed by atoms with Crippen LogP contribution in [0.15, 0.2) is 71.5 Å². The van der Waals surface area contributed by atoms with Gasteiger partial charge in [-0.1, -0.05) is 18.2 Å².